The summed E-state index contributed by atoms with van der Waals surface area (Å²) in [5.41, 5.74) is -0.723. The monoisotopic (exact) mass is 361 g/mol. The third-order valence-corrected chi connectivity index (χ3v) is 5.92. The Morgan fingerprint density at radius 1 is 1.50 bits per heavy atom. The van der Waals surface area contributed by atoms with E-state index in [1.807, 2.05) is 0 Å². The maximum Gasteiger partial charge on any atom is 0.241 e. The lowest BCUT2D eigenvalue weighted by molar-refractivity contribution is 0.120. The molecule has 1 aliphatic carbocycles. The number of hydrogen-bond acceptors (Lipinski definition) is 3. The van der Waals surface area contributed by atoms with Crippen molar-refractivity contribution in [2.75, 3.05) is 6.61 Å². The lowest BCUT2D eigenvalue weighted by atomic mass is 9.78. The van der Waals surface area contributed by atoms with Crippen LogP contribution in [0.4, 0.5) is 0 Å². The van der Waals surface area contributed by atoms with Crippen molar-refractivity contribution in [1.82, 2.24) is 4.72 Å². The van der Waals surface area contributed by atoms with Crippen LogP contribution in [0.2, 0.25) is 0 Å². The Morgan fingerprint density at radius 2 is 2.25 bits per heavy atom. The zero-order chi connectivity index (χ0) is 14.8. The lowest BCUT2D eigenvalue weighted by Gasteiger charge is -2.39. The highest BCUT2D eigenvalue weighted by atomic mass is 79.9. The summed E-state index contributed by atoms with van der Waals surface area (Å²) in [6.07, 6.45) is 3.38. The maximum atomic E-state index is 12.5. The van der Waals surface area contributed by atoms with E-state index >= 15 is 0 Å². The summed E-state index contributed by atoms with van der Waals surface area (Å²) in [6.45, 7) is 1.93. The van der Waals surface area contributed by atoms with Gasteiger partial charge in [-0.1, -0.05) is 41.8 Å². The maximum absolute atomic E-state index is 12.5. The molecule has 1 aliphatic rings. The van der Waals surface area contributed by atoms with Gasteiger partial charge in [0.15, 0.2) is 0 Å². The third-order valence-electron chi connectivity index (χ3n) is 3.85. The number of aliphatic hydroxyl groups excluding tert-OH is 1. The normalized spacial score (nSPS) is 27.4. The molecule has 2 unspecified atom stereocenters. The van der Waals surface area contributed by atoms with Gasteiger partial charge < -0.3 is 5.11 Å². The second kappa shape index (κ2) is 6.13. The van der Waals surface area contributed by atoms with Crippen molar-refractivity contribution in [3.63, 3.8) is 0 Å². The van der Waals surface area contributed by atoms with E-state index in [0.29, 0.717) is 18.8 Å². The molecule has 0 bridgehead atoms. The fourth-order valence-electron chi connectivity index (χ4n) is 2.91. The Kier molecular flexibility index (Phi) is 4.89. The van der Waals surface area contributed by atoms with Gasteiger partial charge in [0.05, 0.1) is 17.0 Å². The molecule has 20 heavy (non-hydrogen) atoms. The summed E-state index contributed by atoms with van der Waals surface area (Å²) in [5, 5.41) is 9.69. The molecule has 6 heteroatoms. The zero-order valence-corrected chi connectivity index (χ0v) is 13.9. The quantitative estimate of drug-likeness (QED) is 0.866. The molecule has 4 nitrogen and oxygen atoms in total. The van der Waals surface area contributed by atoms with Crippen molar-refractivity contribution in [2.45, 2.75) is 43.0 Å². The zero-order valence-electron chi connectivity index (χ0n) is 11.5. The SMILES string of the molecule is CC1CCCC(CO)(NS(=O)(=O)c2cccc(Br)c2)C1. The highest BCUT2D eigenvalue weighted by Gasteiger charge is 2.38. The number of benzene rings is 1. The van der Waals surface area contributed by atoms with Crippen molar-refractivity contribution in [3.8, 4) is 0 Å². The summed E-state index contributed by atoms with van der Waals surface area (Å²) in [7, 11) is -3.62. The smallest absolute Gasteiger partial charge is 0.241 e. The van der Waals surface area contributed by atoms with Gasteiger partial charge in [-0.25, -0.2) is 13.1 Å². The van der Waals surface area contributed by atoms with Gasteiger partial charge in [0, 0.05) is 4.47 Å². The van der Waals surface area contributed by atoms with E-state index in [-0.39, 0.29) is 11.5 Å². The Balaban J connectivity index is 2.26. The fraction of sp³-hybridized carbons (Fsp3) is 0.571. The van der Waals surface area contributed by atoms with E-state index in [4.69, 9.17) is 0 Å². The number of hydrogen-bond donors (Lipinski definition) is 2. The minimum absolute atomic E-state index is 0.162. The van der Waals surface area contributed by atoms with Crippen LogP contribution in [0.25, 0.3) is 0 Å². The van der Waals surface area contributed by atoms with Gasteiger partial charge in [0.1, 0.15) is 0 Å². The van der Waals surface area contributed by atoms with Crippen LogP contribution in [0.15, 0.2) is 33.6 Å². The van der Waals surface area contributed by atoms with Crippen molar-refractivity contribution in [2.24, 2.45) is 5.92 Å². The van der Waals surface area contributed by atoms with Crippen LogP contribution in [0.1, 0.15) is 32.6 Å². The van der Waals surface area contributed by atoms with Crippen molar-refractivity contribution in [3.05, 3.63) is 28.7 Å². The van der Waals surface area contributed by atoms with Crippen LogP contribution < -0.4 is 4.72 Å². The van der Waals surface area contributed by atoms with Crippen molar-refractivity contribution in [1.29, 1.82) is 0 Å². The van der Waals surface area contributed by atoms with Gasteiger partial charge in [0.25, 0.3) is 0 Å². The number of sulfonamides is 1. The standard InChI is InChI=1S/C14H20BrNO3S/c1-11-4-3-7-14(9-11,10-17)16-20(18,19)13-6-2-5-12(15)8-13/h2,5-6,8,11,16-17H,3-4,7,9-10H2,1H3. The molecule has 0 amide bonds. The first-order chi connectivity index (χ1) is 9.37. The van der Waals surface area contributed by atoms with E-state index < -0.39 is 15.6 Å². The molecule has 1 saturated carbocycles. The first-order valence-electron chi connectivity index (χ1n) is 6.77. The molecule has 0 saturated heterocycles. The van der Waals surface area contributed by atoms with E-state index in [1.54, 1.807) is 24.3 Å². The Labute approximate surface area is 128 Å². The van der Waals surface area contributed by atoms with Gasteiger partial charge in [-0.05, 0) is 37.0 Å². The van der Waals surface area contributed by atoms with Crippen LogP contribution in [-0.2, 0) is 10.0 Å². The summed E-state index contributed by atoms with van der Waals surface area (Å²) in [5.74, 6) is 0.418. The summed E-state index contributed by atoms with van der Waals surface area (Å²) < 4.78 is 28.4. The van der Waals surface area contributed by atoms with E-state index in [9.17, 15) is 13.5 Å². The predicted octanol–water partition coefficient (Wildman–Crippen LogP) is 2.67. The van der Waals surface area contributed by atoms with Crippen LogP contribution in [0, 0.1) is 5.92 Å². The van der Waals surface area contributed by atoms with Crippen molar-refractivity contribution < 1.29 is 13.5 Å². The second-order valence-corrected chi connectivity index (χ2v) is 8.30. The van der Waals surface area contributed by atoms with Gasteiger partial charge in [0.2, 0.25) is 10.0 Å². The molecule has 2 atom stereocenters. The molecule has 2 N–H and O–H groups in total. The Bertz CT molecular complexity index is 576. The molecule has 1 fully saturated rings. The summed E-state index contributed by atoms with van der Waals surface area (Å²) >= 11 is 3.28. The predicted molar refractivity (Wildman–Crippen MR) is 81.9 cm³/mol. The van der Waals surface area contributed by atoms with E-state index in [1.165, 1.54) is 0 Å². The molecule has 1 aromatic carbocycles. The van der Waals surface area contributed by atoms with E-state index in [0.717, 1.165) is 17.3 Å². The molecule has 0 aromatic heterocycles. The highest BCUT2D eigenvalue weighted by molar-refractivity contribution is 9.10. The van der Waals surface area contributed by atoms with Crippen LogP contribution >= 0.6 is 15.9 Å². The third kappa shape index (κ3) is 3.61. The Morgan fingerprint density at radius 3 is 2.85 bits per heavy atom. The average molecular weight is 362 g/mol. The van der Waals surface area contributed by atoms with Crippen LogP contribution in [-0.4, -0.2) is 25.7 Å². The molecule has 0 spiro atoms. The van der Waals surface area contributed by atoms with Gasteiger partial charge in [-0.15, -0.1) is 0 Å². The first kappa shape index (κ1) is 15.9. The molecule has 2 rings (SSSR count). The molecule has 112 valence electrons. The first-order valence-corrected chi connectivity index (χ1v) is 9.05. The lowest BCUT2D eigenvalue weighted by Crippen LogP contribution is -2.53. The highest BCUT2D eigenvalue weighted by Crippen LogP contribution is 2.33. The van der Waals surface area contributed by atoms with Crippen LogP contribution in [0.5, 0.6) is 0 Å². The van der Waals surface area contributed by atoms with Gasteiger partial charge >= 0.3 is 0 Å². The number of nitrogens with one attached hydrogen (secondary N) is 1. The minimum atomic E-state index is -3.62. The number of halogens is 1. The molecule has 0 aliphatic heterocycles. The van der Waals surface area contributed by atoms with Crippen molar-refractivity contribution >= 4 is 26.0 Å². The molecular weight excluding hydrogens is 342 g/mol. The Hall–Kier alpha value is -0.430. The van der Waals surface area contributed by atoms with Gasteiger partial charge in [-0.2, -0.15) is 0 Å². The molecule has 0 heterocycles. The van der Waals surface area contributed by atoms with E-state index in [2.05, 4.69) is 27.6 Å². The second-order valence-electron chi connectivity index (χ2n) is 5.70. The molecular formula is C14H20BrNO3S. The number of rotatable bonds is 4. The largest absolute Gasteiger partial charge is 0.394 e. The minimum Gasteiger partial charge on any atom is -0.394 e. The molecule has 1 aromatic rings. The van der Waals surface area contributed by atoms with Crippen LogP contribution in [0.3, 0.4) is 0 Å². The summed E-state index contributed by atoms with van der Waals surface area (Å²) in [6, 6.07) is 6.60. The van der Waals surface area contributed by atoms with Gasteiger partial charge in [-0.3, -0.25) is 0 Å². The fourth-order valence-corrected chi connectivity index (χ4v) is 4.94. The average Bonchev–Trinajstić information content (AvgIpc) is 2.38. The summed E-state index contributed by atoms with van der Waals surface area (Å²) in [4.78, 5) is 0.220. The topological polar surface area (TPSA) is 66.4 Å². The number of aliphatic hydroxyl groups is 1. The molecule has 0 radical (unpaired) electrons.